The molecule has 0 spiro atoms. The van der Waals surface area contributed by atoms with Gasteiger partial charge in [-0.15, -0.1) is 0 Å². The summed E-state index contributed by atoms with van der Waals surface area (Å²) in [6, 6.07) is 13.6. The highest BCUT2D eigenvalue weighted by Crippen LogP contribution is 2.51. The van der Waals surface area contributed by atoms with Crippen LogP contribution in [-0.2, 0) is 7.05 Å². The van der Waals surface area contributed by atoms with Crippen molar-refractivity contribution in [2.45, 2.75) is 52.4 Å². The third-order valence-electron chi connectivity index (χ3n) is 7.49. The van der Waals surface area contributed by atoms with Crippen molar-refractivity contribution in [3.8, 4) is 22.8 Å². The fraction of sp³-hybridized carbons (Fsp3) is 0.321. The molecule has 150 valence electrons. The predicted octanol–water partition coefficient (Wildman–Crippen LogP) is 7.17. The van der Waals surface area contributed by atoms with Crippen LogP contribution in [0.2, 0.25) is 0 Å². The molecule has 6 rings (SSSR count). The van der Waals surface area contributed by atoms with Gasteiger partial charge in [-0.3, -0.25) is 0 Å². The molecule has 4 aromatic rings. The first-order valence-corrected chi connectivity index (χ1v) is 11.2. The minimum Gasteiger partial charge on any atom is -0.455 e. The number of aryl methyl sites for hydroxylation is 4. The van der Waals surface area contributed by atoms with E-state index in [1.165, 1.54) is 80.7 Å². The van der Waals surface area contributed by atoms with Gasteiger partial charge in [-0.1, -0.05) is 37.1 Å². The Morgan fingerprint density at radius 2 is 1.73 bits per heavy atom. The number of ether oxygens (including phenoxy) is 1. The summed E-state index contributed by atoms with van der Waals surface area (Å²) < 4.78 is 9.04. The molecule has 2 heterocycles. The Morgan fingerprint density at radius 3 is 2.53 bits per heavy atom. The summed E-state index contributed by atoms with van der Waals surface area (Å²) >= 11 is 0. The molecule has 2 nitrogen and oxygen atoms in total. The number of pyridine rings is 1. The minimum absolute atomic E-state index is 0.676. The van der Waals surface area contributed by atoms with Crippen molar-refractivity contribution in [3.05, 3.63) is 64.8 Å². The van der Waals surface area contributed by atoms with E-state index in [1.807, 2.05) is 0 Å². The molecule has 0 radical (unpaired) electrons. The van der Waals surface area contributed by atoms with Crippen molar-refractivity contribution in [2.24, 2.45) is 7.05 Å². The highest BCUT2D eigenvalue weighted by molar-refractivity contribution is 6.07. The molecular formula is C28H28NO+. The van der Waals surface area contributed by atoms with E-state index in [-0.39, 0.29) is 0 Å². The van der Waals surface area contributed by atoms with Gasteiger partial charge in [0.05, 0.1) is 10.9 Å². The van der Waals surface area contributed by atoms with Gasteiger partial charge < -0.3 is 4.74 Å². The van der Waals surface area contributed by atoms with Crippen molar-refractivity contribution < 1.29 is 9.30 Å². The standard InChI is InChI=1S/C28H28NO/c1-16-8-7-11-22-17(2)25-27-26-20(12-13-29(27)4)14-21(19-9-5-6-10-19)15-23(26)30-28(25)18(3)24(16)22/h7-8,11-15,19H,5-6,9-10H2,1-4H3/q+1. The molecule has 0 unspecified atom stereocenters. The first kappa shape index (κ1) is 17.9. The van der Waals surface area contributed by atoms with E-state index in [4.69, 9.17) is 4.74 Å². The maximum absolute atomic E-state index is 6.77. The highest BCUT2D eigenvalue weighted by Gasteiger charge is 2.33. The number of hydrogen-bond acceptors (Lipinski definition) is 1. The van der Waals surface area contributed by atoms with Crippen LogP contribution >= 0.6 is 0 Å². The van der Waals surface area contributed by atoms with Crippen molar-refractivity contribution in [1.29, 1.82) is 0 Å². The number of fused-ring (bicyclic) bond motifs is 3. The Hall–Kier alpha value is -2.87. The van der Waals surface area contributed by atoms with Crippen LogP contribution in [0.5, 0.6) is 11.5 Å². The largest absolute Gasteiger partial charge is 0.455 e. The highest BCUT2D eigenvalue weighted by atomic mass is 16.5. The van der Waals surface area contributed by atoms with Gasteiger partial charge >= 0.3 is 0 Å². The molecule has 0 bridgehead atoms. The van der Waals surface area contributed by atoms with Gasteiger partial charge in [-0.2, -0.15) is 0 Å². The van der Waals surface area contributed by atoms with E-state index in [9.17, 15) is 0 Å². The molecule has 1 aliphatic heterocycles. The molecule has 1 aromatic heterocycles. The molecule has 2 heteroatoms. The summed E-state index contributed by atoms with van der Waals surface area (Å²) in [7, 11) is 2.16. The van der Waals surface area contributed by atoms with Crippen LogP contribution < -0.4 is 9.30 Å². The molecule has 1 saturated carbocycles. The van der Waals surface area contributed by atoms with Crippen molar-refractivity contribution in [3.63, 3.8) is 0 Å². The molecular weight excluding hydrogens is 366 g/mol. The van der Waals surface area contributed by atoms with Crippen LogP contribution in [0, 0.1) is 20.8 Å². The quantitative estimate of drug-likeness (QED) is 0.275. The van der Waals surface area contributed by atoms with E-state index in [1.54, 1.807) is 0 Å². The second-order valence-corrected chi connectivity index (χ2v) is 9.29. The Bertz CT molecular complexity index is 1360. The first-order chi connectivity index (χ1) is 14.5. The van der Waals surface area contributed by atoms with Gasteiger partial charge in [0.25, 0.3) is 0 Å². The summed E-state index contributed by atoms with van der Waals surface area (Å²) in [6.07, 6.45) is 7.51. The Kier molecular flexibility index (Phi) is 3.78. The second-order valence-electron chi connectivity index (χ2n) is 9.29. The van der Waals surface area contributed by atoms with Crippen LogP contribution in [-0.4, -0.2) is 0 Å². The third-order valence-corrected chi connectivity index (χ3v) is 7.49. The van der Waals surface area contributed by atoms with E-state index >= 15 is 0 Å². The monoisotopic (exact) mass is 394 g/mol. The molecule has 1 fully saturated rings. The lowest BCUT2D eigenvalue weighted by atomic mass is 9.86. The molecule has 1 aliphatic carbocycles. The van der Waals surface area contributed by atoms with Crippen molar-refractivity contribution >= 4 is 21.5 Å². The average Bonchev–Trinajstić information content (AvgIpc) is 3.28. The fourth-order valence-corrected chi connectivity index (χ4v) is 5.97. The fourth-order valence-electron chi connectivity index (χ4n) is 5.97. The van der Waals surface area contributed by atoms with Gasteiger partial charge in [0.2, 0.25) is 5.69 Å². The van der Waals surface area contributed by atoms with Crippen LogP contribution in [0.4, 0.5) is 0 Å². The van der Waals surface area contributed by atoms with Gasteiger partial charge in [0.15, 0.2) is 6.20 Å². The lowest BCUT2D eigenvalue weighted by Crippen LogP contribution is -2.32. The van der Waals surface area contributed by atoms with Crippen LogP contribution in [0.25, 0.3) is 32.8 Å². The summed E-state index contributed by atoms with van der Waals surface area (Å²) in [4.78, 5) is 0. The number of benzene rings is 3. The number of rotatable bonds is 1. The van der Waals surface area contributed by atoms with E-state index < -0.39 is 0 Å². The Labute approximate surface area is 178 Å². The van der Waals surface area contributed by atoms with E-state index in [2.05, 4.69) is 75.0 Å². The van der Waals surface area contributed by atoms with Gasteiger partial charge in [0, 0.05) is 11.6 Å². The maximum Gasteiger partial charge on any atom is 0.228 e. The number of hydrogen-bond donors (Lipinski definition) is 0. The second kappa shape index (κ2) is 6.31. The normalized spacial score (nSPS) is 15.6. The maximum atomic E-state index is 6.77. The Morgan fingerprint density at radius 1 is 0.933 bits per heavy atom. The van der Waals surface area contributed by atoms with Crippen LogP contribution in [0.1, 0.15) is 53.9 Å². The first-order valence-electron chi connectivity index (χ1n) is 11.2. The zero-order valence-electron chi connectivity index (χ0n) is 18.3. The average molecular weight is 395 g/mol. The van der Waals surface area contributed by atoms with E-state index in [0.717, 1.165) is 11.5 Å². The summed E-state index contributed by atoms with van der Waals surface area (Å²) in [5, 5.41) is 5.22. The predicted molar refractivity (Wildman–Crippen MR) is 124 cm³/mol. The van der Waals surface area contributed by atoms with Crippen LogP contribution in [0.15, 0.2) is 42.6 Å². The topological polar surface area (TPSA) is 13.1 Å². The zero-order chi connectivity index (χ0) is 20.6. The molecule has 30 heavy (non-hydrogen) atoms. The van der Waals surface area contributed by atoms with Gasteiger partial charge in [0.1, 0.15) is 18.5 Å². The van der Waals surface area contributed by atoms with Gasteiger partial charge in [-0.25, -0.2) is 4.57 Å². The number of aromatic nitrogens is 1. The number of nitrogens with zero attached hydrogens (tertiary/aromatic N) is 1. The third kappa shape index (κ3) is 2.34. The molecule has 2 aliphatic rings. The van der Waals surface area contributed by atoms with E-state index in [0.29, 0.717) is 5.92 Å². The minimum atomic E-state index is 0.676. The molecule has 0 saturated heterocycles. The molecule has 3 aromatic carbocycles. The van der Waals surface area contributed by atoms with Crippen LogP contribution in [0.3, 0.4) is 0 Å². The van der Waals surface area contributed by atoms with Crippen molar-refractivity contribution in [2.75, 3.05) is 0 Å². The lowest BCUT2D eigenvalue weighted by Gasteiger charge is -2.25. The summed E-state index contributed by atoms with van der Waals surface area (Å²) in [6.45, 7) is 6.68. The van der Waals surface area contributed by atoms with Crippen molar-refractivity contribution in [1.82, 2.24) is 0 Å². The smallest absolute Gasteiger partial charge is 0.228 e. The molecule has 0 amide bonds. The molecule has 0 N–H and O–H groups in total. The molecule has 0 atom stereocenters. The zero-order valence-corrected chi connectivity index (χ0v) is 18.3. The lowest BCUT2D eigenvalue weighted by molar-refractivity contribution is -0.659. The summed E-state index contributed by atoms with van der Waals surface area (Å²) in [5.41, 5.74) is 7.85. The summed E-state index contributed by atoms with van der Waals surface area (Å²) in [5.74, 6) is 2.74. The Balaban J connectivity index is 1.73. The van der Waals surface area contributed by atoms with Gasteiger partial charge in [-0.05, 0) is 78.4 Å². The SMILES string of the molecule is Cc1c2c(c(C)c3c(C)cccc13)Oc1cc(C3CCCC3)cc3cc[n+](C)c-2c13.